The van der Waals surface area contributed by atoms with E-state index in [2.05, 4.69) is 4.90 Å². The second-order valence-electron chi connectivity index (χ2n) is 5.11. The van der Waals surface area contributed by atoms with Crippen molar-refractivity contribution in [2.75, 3.05) is 19.7 Å². The highest BCUT2D eigenvalue weighted by atomic mass is 16.5. The zero-order valence-corrected chi connectivity index (χ0v) is 11.2. The topological polar surface area (TPSA) is 56.5 Å². The van der Waals surface area contributed by atoms with Crippen molar-refractivity contribution in [3.8, 4) is 11.8 Å². The van der Waals surface area contributed by atoms with Crippen molar-refractivity contribution < 1.29 is 9.84 Å². The van der Waals surface area contributed by atoms with E-state index in [1.54, 1.807) is 6.92 Å². The number of nitrogens with zero attached hydrogens (tertiary/aromatic N) is 2. The minimum absolute atomic E-state index is 0.287. The Morgan fingerprint density at radius 3 is 2.79 bits per heavy atom. The van der Waals surface area contributed by atoms with Crippen LogP contribution in [0.5, 0.6) is 5.75 Å². The fraction of sp³-hybridized carbons (Fsp3) is 0.533. The summed E-state index contributed by atoms with van der Waals surface area (Å²) in [5, 5.41) is 17.8. The third-order valence-corrected chi connectivity index (χ3v) is 3.45. The average Bonchev–Trinajstić information content (AvgIpc) is 2.88. The van der Waals surface area contributed by atoms with E-state index in [0.29, 0.717) is 5.92 Å². The van der Waals surface area contributed by atoms with Gasteiger partial charge in [0.25, 0.3) is 0 Å². The zero-order chi connectivity index (χ0) is 13.7. The van der Waals surface area contributed by atoms with Crippen LogP contribution in [0.25, 0.3) is 0 Å². The second kappa shape index (κ2) is 6.55. The molecule has 0 bridgehead atoms. The van der Waals surface area contributed by atoms with E-state index in [4.69, 9.17) is 15.1 Å². The quantitative estimate of drug-likeness (QED) is 0.877. The molecule has 1 aliphatic rings. The number of hydrogen-bond acceptors (Lipinski definition) is 4. The van der Waals surface area contributed by atoms with Crippen LogP contribution in [-0.2, 0) is 6.54 Å². The first-order valence-corrected chi connectivity index (χ1v) is 6.69. The molecule has 1 aliphatic heterocycles. The SMILES string of the molecule is CC(C#N)Oc1ccc(CN2CCC(CO)C2)cc1. The summed E-state index contributed by atoms with van der Waals surface area (Å²) in [4.78, 5) is 2.36. The van der Waals surface area contributed by atoms with E-state index in [9.17, 15) is 0 Å². The molecular formula is C15H20N2O2. The molecule has 0 spiro atoms. The lowest BCUT2D eigenvalue weighted by molar-refractivity contribution is 0.220. The van der Waals surface area contributed by atoms with Gasteiger partial charge in [0.15, 0.2) is 6.10 Å². The van der Waals surface area contributed by atoms with Crippen molar-refractivity contribution in [2.45, 2.75) is 26.0 Å². The van der Waals surface area contributed by atoms with Crippen molar-refractivity contribution in [3.63, 3.8) is 0 Å². The Bertz CT molecular complexity index is 438. The third kappa shape index (κ3) is 3.95. The summed E-state index contributed by atoms with van der Waals surface area (Å²) in [6.07, 6.45) is 0.659. The first kappa shape index (κ1) is 13.9. The molecule has 0 amide bonds. The van der Waals surface area contributed by atoms with Gasteiger partial charge >= 0.3 is 0 Å². The van der Waals surface area contributed by atoms with Gasteiger partial charge < -0.3 is 9.84 Å². The molecule has 1 N–H and O–H groups in total. The van der Waals surface area contributed by atoms with Gasteiger partial charge in [0.2, 0.25) is 0 Å². The molecule has 2 atom stereocenters. The Morgan fingerprint density at radius 1 is 1.47 bits per heavy atom. The van der Waals surface area contributed by atoms with E-state index >= 15 is 0 Å². The molecule has 1 saturated heterocycles. The maximum atomic E-state index is 9.12. The van der Waals surface area contributed by atoms with Gasteiger partial charge in [0.05, 0.1) is 0 Å². The lowest BCUT2D eigenvalue weighted by Gasteiger charge is -2.16. The predicted octanol–water partition coefficient (Wildman–Crippen LogP) is 1.79. The first-order valence-electron chi connectivity index (χ1n) is 6.69. The van der Waals surface area contributed by atoms with Crippen LogP contribution in [0, 0.1) is 17.2 Å². The highest BCUT2D eigenvalue weighted by Gasteiger charge is 2.21. The van der Waals surface area contributed by atoms with Crippen LogP contribution in [0.3, 0.4) is 0 Å². The molecule has 1 heterocycles. The molecule has 0 saturated carbocycles. The van der Waals surface area contributed by atoms with Crippen molar-refractivity contribution in [1.29, 1.82) is 5.26 Å². The Morgan fingerprint density at radius 2 is 2.21 bits per heavy atom. The van der Waals surface area contributed by atoms with Crippen molar-refractivity contribution in [3.05, 3.63) is 29.8 Å². The van der Waals surface area contributed by atoms with Crippen LogP contribution in [0.15, 0.2) is 24.3 Å². The molecule has 0 aliphatic carbocycles. The van der Waals surface area contributed by atoms with E-state index < -0.39 is 6.10 Å². The summed E-state index contributed by atoms with van der Waals surface area (Å²) in [7, 11) is 0. The maximum Gasteiger partial charge on any atom is 0.181 e. The molecule has 19 heavy (non-hydrogen) atoms. The minimum Gasteiger partial charge on any atom is -0.476 e. The molecule has 4 nitrogen and oxygen atoms in total. The standard InChI is InChI=1S/C15H20N2O2/c1-12(8-16)19-15-4-2-13(3-5-15)9-17-7-6-14(10-17)11-18/h2-5,12,14,18H,6-7,9-11H2,1H3. The Balaban J connectivity index is 1.87. The van der Waals surface area contributed by atoms with Gasteiger partial charge in [0.1, 0.15) is 11.8 Å². The summed E-state index contributed by atoms with van der Waals surface area (Å²) < 4.78 is 5.42. The lowest BCUT2D eigenvalue weighted by Crippen LogP contribution is -2.20. The zero-order valence-electron chi connectivity index (χ0n) is 11.2. The molecule has 1 aromatic carbocycles. The summed E-state index contributed by atoms with van der Waals surface area (Å²) in [6, 6.07) is 9.92. The number of nitriles is 1. The van der Waals surface area contributed by atoms with Crippen molar-refractivity contribution >= 4 is 0 Å². The Hall–Kier alpha value is -1.57. The number of aliphatic hydroxyl groups excluding tert-OH is 1. The van der Waals surface area contributed by atoms with Crippen LogP contribution >= 0.6 is 0 Å². The molecule has 2 rings (SSSR count). The van der Waals surface area contributed by atoms with Crippen LogP contribution in [0.1, 0.15) is 18.9 Å². The largest absolute Gasteiger partial charge is 0.476 e. The normalized spacial score (nSPS) is 21.0. The summed E-state index contributed by atoms with van der Waals surface area (Å²) in [6.45, 7) is 4.95. The smallest absolute Gasteiger partial charge is 0.181 e. The van der Waals surface area contributed by atoms with Crippen molar-refractivity contribution in [2.24, 2.45) is 5.92 Å². The van der Waals surface area contributed by atoms with Gasteiger partial charge in [-0.25, -0.2) is 0 Å². The van der Waals surface area contributed by atoms with Crippen LogP contribution < -0.4 is 4.74 Å². The van der Waals surface area contributed by atoms with Gasteiger partial charge in [-0.3, -0.25) is 4.90 Å². The van der Waals surface area contributed by atoms with E-state index in [-0.39, 0.29) is 6.61 Å². The van der Waals surface area contributed by atoms with E-state index in [0.717, 1.165) is 31.8 Å². The number of aliphatic hydroxyl groups is 1. The lowest BCUT2D eigenvalue weighted by atomic mass is 10.1. The molecule has 4 heteroatoms. The van der Waals surface area contributed by atoms with Gasteiger partial charge in [-0.15, -0.1) is 0 Å². The number of benzene rings is 1. The molecule has 102 valence electrons. The van der Waals surface area contributed by atoms with Gasteiger partial charge in [-0.1, -0.05) is 12.1 Å². The number of hydrogen-bond donors (Lipinski definition) is 1. The summed E-state index contributed by atoms with van der Waals surface area (Å²) in [5.41, 5.74) is 1.23. The molecule has 2 unspecified atom stereocenters. The average molecular weight is 260 g/mol. The predicted molar refractivity (Wildman–Crippen MR) is 72.6 cm³/mol. The summed E-state index contributed by atoms with van der Waals surface area (Å²) >= 11 is 0. The number of rotatable bonds is 5. The third-order valence-electron chi connectivity index (χ3n) is 3.45. The van der Waals surface area contributed by atoms with E-state index in [1.807, 2.05) is 30.3 Å². The molecule has 1 aromatic rings. The van der Waals surface area contributed by atoms with Gasteiger partial charge in [-0.2, -0.15) is 5.26 Å². The fourth-order valence-corrected chi connectivity index (χ4v) is 2.37. The van der Waals surface area contributed by atoms with Crippen LogP contribution in [-0.4, -0.2) is 35.8 Å². The summed E-state index contributed by atoms with van der Waals surface area (Å²) in [5.74, 6) is 1.16. The Kier molecular flexibility index (Phi) is 4.78. The highest BCUT2D eigenvalue weighted by Crippen LogP contribution is 2.20. The molecule has 0 radical (unpaired) electrons. The second-order valence-corrected chi connectivity index (χ2v) is 5.11. The van der Waals surface area contributed by atoms with Gasteiger partial charge in [-0.05, 0) is 43.5 Å². The highest BCUT2D eigenvalue weighted by molar-refractivity contribution is 5.27. The maximum absolute atomic E-state index is 9.12. The first-order chi connectivity index (χ1) is 9.21. The monoisotopic (exact) mass is 260 g/mol. The van der Waals surface area contributed by atoms with Crippen molar-refractivity contribution in [1.82, 2.24) is 4.90 Å². The molecule has 0 aromatic heterocycles. The Labute approximate surface area is 114 Å². The number of ether oxygens (including phenoxy) is 1. The van der Waals surface area contributed by atoms with Crippen LogP contribution in [0.4, 0.5) is 0 Å². The van der Waals surface area contributed by atoms with E-state index in [1.165, 1.54) is 5.56 Å². The van der Waals surface area contributed by atoms with Gasteiger partial charge in [0, 0.05) is 19.7 Å². The van der Waals surface area contributed by atoms with Crippen LogP contribution in [0.2, 0.25) is 0 Å². The molecule has 1 fully saturated rings. The molecular weight excluding hydrogens is 240 g/mol. The minimum atomic E-state index is -0.422. The fourth-order valence-electron chi connectivity index (χ4n) is 2.37. The number of likely N-dealkylation sites (tertiary alicyclic amines) is 1.